The Kier molecular flexibility index (Phi) is 4.49. The van der Waals surface area contributed by atoms with Crippen molar-refractivity contribution in [2.24, 2.45) is 5.92 Å². The van der Waals surface area contributed by atoms with Crippen molar-refractivity contribution in [3.8, 4) is 5.82 Å². The standard InChI is InChI=1S/C19H20FN5O2/c1-24-8-6-12(7-9-24)18(26)22-14-3-4-15-16(10-14)25(19(27)23-15)17-5-2-13(20)11-21-17/h2-5,10-12H,6-9H2,1H3,(H,22,26)(H,23,27). The maximum atomic E-state index is 13.1. The van der Waals surface area contributed by atoms with Gasteiger partial charge in [0.05, 0.1) is 17.2 Å². The molecule has 1 fully saturated rings. The molecule has 4 rings (SSSR count). The summed E-state index contributed by atoms with van der Waals surface area (Å²) >= 11 is 0. The second-order valence-corrected chi connectivity index (χ2v) is 6.90. The molecule has 0 bridgehead atoms. The number of amides is 1. The maximum Gasteiger partial charge on any atom is 0.332 e. The second kappa shape index (κ2) is 6.96. The van der Waals surface area contributed by atoms with Gasteiger partial charge in [0.1, 0.15) is 11.6 Å². The predicted molar refractivity (Wildman–Crippen MR) is 100 cm³/mol. The average molecular weight is 369 g/mol. The summed E-state index contributed by atoms with van der Waals surface area (Å²) < 4.78 is 14.5. The van der Waals surface area contributed by atoms with E-state index in [1.807, 2.05) is 0 Å². The Morgan fingerprint density at radius 2 is 2.04 bits per heavy atom. The van der Waals surface area contributed by atoms with Gasteiger partial charge in [-0.1, -0.05) is 0 Å². The van der Waals surface area contributed by atoms with E-state index in [9.17, 15) is 14.0 Å². The van der Waals surface area contributed by atoms with Gasteiger partial charge in [0.2, 0.25) is 5.91 Å². The molecule has 3 aromatic rings. The third kappa shape index (κ3) is 3.48. The van der Waals surface area contributed by atoms with E-state index in [1.165, 1.54) is 16.7 Å². The first-order valence-electron chi connectivity index (χ1n) is 8.87. The summed E-state index contributed by atoms with van der Waals surface area (Å²) in [6, 6.07) is 7.91. The number of piperidine rings is 1. The van der Waals surface area contributed by atoms with E-state index < -0.39 is 5.82 Å². The summed E-state index contributed by atoms with van der Waals surface area (Å²) in [5.41, 5.74) is 1.42. The fraction of sp³-hybridized carbons (Fsp3) is 0.316. The third-order valence-corrected chi connectivity index (χ3v) is 4.98. The molecule has 3 heterocycles. The number of carbonyl (C=O) groups excluding carboxylic acids is 1. The number of likely N-dealkylation sites (tertiary alicyclic amines) is 1. The maximum absolute atomic E-state index is 13.1. The van der Waals surface area contributed by atoms with Crippen LogP contribution in [0.2, 0.25) is 0 Å². The van der Waals surface area contributed by atoms with E-state index in [1.54, 1.807) is 18.2 Å². The minimum Gasteiger partial charge on any atom is -0.326 e. The molecule has 2 aromatic heterocycles. The number of anilines is 1. The lowest BCUT2D eigenvalue weighted by Crippen LogP contribution is -2.35. The molecule has 0 unspecified atom stereocenters. The molecule has 2 N–H and O–H groups in total. The number of hydrogen-bond donors (Lipinski definition) is 2. The molecule has 7 nitrogen and oxygen atoms in total. The van der Waals surface area contributed by atoms with Crippen molar-refractivity contribution in [1.82, 2.24) is 19.4 Å². The highest BCUT2D eigenvalue weighted by Gasteiger charge is 2.23. The molecule has 0 saturated carbocycles. The SMILES string of the molecule is CN1CCC(C(=O)Nc2ccc3[nH]c(=O)n(-c4ccc(F)cn4)c3c2)CC1. The van der Waals surface area contributed by atoms with Crippen LogP contribution in [0.25, 0.3) is 16.9 Å². The number of halogens is 1. The van der Waals surface area contributed by atoms with Crippen LogP contribution < -0.4 is 11.0 Å². The molecule has 1 aliphatic rings. The van der Waals surface area contributed by atoms with Crippen molar-refractivity contribution in [2.45, 2.75) is 12.8 Å². The van der Waals surface area contributed by atoms with Crippen LogP contribution in [0.3, 0.4) is 0 Å². The molecule has 0 radical (unpaired) electrons. The highest BCUT2D eigenvalue weighted by Crippen LogP contribution is 2.22. The van der Waals surface area contributed by atoms with Crippen molar-refractivity contribution in [3.63, 3.8) is 0 Å². The number of aromatic amines is 1. The Balaban J connectivity index is 1.63. The van der Waals surface area contributed by atoms with E-state index in [-0.39, 0.29) is 17.5 Å². The highest BCUT2D eigenvalue weighted by molar-refractivity contribution is 5.94. The Hall–Kier alpha value is -3.00. The van der Waals surface area contributed by atoms with E-state index in [0.29, 0.717) is 22.5 Å². The second-order valence-electron chi connectivity index (χ2n) is 6.90. The summed E-state index contributed by atoms with van der Waals surface area (Å²) in [7, 11) is 2.05. The average Bonchev–Trinajstić information content (AvgIpc) is 2.98. The number of carbonyl (C=O) groups is 1. The van der Waals surface area contributed by atoms with Gasteiger partial charge in [0.15, 0.2) is 0 Å². The fourth-order valence-corrected chi connectivity index (χ4v) is 3.42. The third-order valence-electron chi connectivity index (χ3n) is 4.98. The monoisotopic (exact) mass is 369 g/mol. The van der Waals surface area contributed by atoms with Crippen LogP contribution in [0, 0.1) is 11.7 Å². The number of pyridine rings is 1. The van der Waals surface area contributed by atoms with Crippen LogP contribution in [-0.2, 0) is 4.79 Å². The topological polar surface area (TPSA) is 83.0 Å². The number of imidazole rings is 1. The first-order valence-corrected chi connectivity index (χ1v) is 8.87. The lowest BCUT2D eigenvalue weighted by molar-refractivity contribution is -0.121. The Labute approximate surface area is 154 Å². The molecule has 1 aliphatic heterocycles. The first kappa shape index (κ1) is 17.4. The van der Waals surface area contributed by atoms with Gasteiger partial charge in [-0.15, -0.1) is 0 Å². The van der Waals surface area contributed by atoms with Gasteiger partial charge in [-0.2, -0.15) is 0 Å². The van der Waals surface area contributed by atoms with Crippen molar-refractivity contribution in [1.29, 1.82) is 0 Å². The van der Waals surface area contributed by atoms with E-state index in [4.69, 9.17) is 0 Å². The number of hydrogen-bond acceptors (Lipinski definition) is 4. The summed E-state index contributed by atoms with van der Waals surface area (Å²) in [6.45, 7) is 1.81. The smallest absolute Gasteiger partial charge is 0.326 e. The zero-order valence-corrected chi connectivity index (χ0v) is 14.9. The Morgan fingerprint density at radius 1 is 1.26 bits per heavy atom. The lowest BCUT2D eigenvalue weighted by Gasteiger charge is -2.28. The number of nitrogens with one attached hydrogen (secondary N) is 2. The summed E-state index contributed by atoms with van der Waals surface area (Å²) in [6.07, 6.45) is 2.73. The van der Waals surface area contributed by atoms with E-state index in [0.717, 1.165) is 32.1 Å². The van der Waals surface area contributed by atoms with Crippen molar-refractivity contribution >= 4 is 22.6 Å². The largest absolute Gasteiger partial charge is 0.332 e. The van der Waals surface area contributed by atoms with Gasteiger partial charge in [-0.3, -0.25) is 4.79 Å². The number of benzene rings is 1. The van der Waals surface area contributed by atoms with Crippen molar-refractivity contribution < 1.29 is 9.18 Å². The molecule has 140 valence electrons. The molecule has 0 aliphatic carbocycles. The molecule has 1 amide bonds. The van der Waals surface area contributed by atoms with Crippen LogP contribution in [-0.4, -0.2) is 45.5 Å². The molecule has 0 spiro atoms. The summed E-state index contributed by atoms with van der Waals surface area (Å²) in [5.74, 6) is -0.181. The van der Waals surface area contributed by atoms with Gasteiger partial charge >= 0.3 is 5.69 Å². The normalized spacial score (nSPS) is 15.9. The van der Waals surface area contributed by atoms with Crippen molar-refractivity contribution in [3.05, 3.63) is 52.8 Å². The van der Waals surface area contributed by atoms with Crippen LogP contribution in [0.15, 0.2) is 41.3 Å². The molecule has 27 heavy (non-hydrogen) atoms. The zero-order valence-electron chi connectivity index (χ0n) is 14.9. The molecule has 1 aromatic carbocycles. The summed E-state index contributed by atoms with van der Waals surface area (Å²) in [4.78, 5) is 33.8. The molecular weight excluding hydrogens is 349 g/mol. The molecule has 8 heteroatoms. The minimum atomic E-state index is -0.474. The first-order chi connectivity index (χ1) is 13.0. The fourth-order valence-electron chi connectivity index (χ4n) is 3.42. The van der Waals surface area contributed by atoms with Gasteiger partial charge in [-0.05, 0) is 63.3 Å². The number of fused-ring (bicyclic) bond motifs is 1. The quantitative estimate of drug-likeness (QED) is 0.741. The van der Waals surface area contributed by atoms with Gasteiger partial charge in [-0.25, -0.2) is 18.7 Å². The number of aromatic nitrogens is 3. The summed E-state index contributed by atoms with van der Waals surface area (Å²) in [5, 5.41) is 2.95. The molecule has 0 atom stereocenters. The van der Waals surface area contributed by atoms with Crippen molar-refractivity contribution in [2.75, 3.05) is 25.5 Å². The van der Waals surface area contributed by atoms with Crippen LogP contribution in [0.5, 0.6) is 0 Å². The van der Waals surface area contributed by atoms with Gasteiger partial charge < -0.3 is 15.2 Å². The van der Waals surface area contributed by atoms with Crippen LogP contribution in [0.4, 0.5) is 10.1 Å². The van der Waals surface area contributed by atoms with Gasteiger partial charge in [0, 0.05) is 11.6 Å². The number of H-pyrrole nitrogens is 1. The minimum absolute atomic E-state index is 0.00760. The Bertz CT molecular complexity index is 1030. The van der Waals surface area contributed by atoms with Gasteiger partial charge in [0.25, 0.3) is 0 Å². The Morgan fingerprint density at radius 3 is 2.74 bits per heavy atom. The van der Waals surface area contributed by atoms with Crippen LogP contribution in [0.1, 0.15) is 12.8 Å². The highest BCUT2D eigenvalue weighted by atomic mass is 19.1. The number of rotatable bonds is 3. The lowest BCUT2D eigenvalue weighted by atomic mass is 9.96. The zero-order chi connectivity index (χ0) is 19.0. The number of nitrogens with zero attached hydrogens (tertiary/aromatic N) is 3. The predicted octanol–water partition coefficient (Wildman–Crippen LogP) is 2.13. The van der Waals surface area contributed by atoms with E-state index in [2.05, 4.69) is 27.2 Å². The molecule has 1 saturated heterocycles. The molecular formula is C19H20FN5O2. The van der Waals surface area contributed by atoms with Crippen LogP contribution >= 0.6 is 0 Å². The van der Waals surface area contributed by atoms with E-state index >= 15 is 0 Å².